The summed E-state index contributed by atoms with van der Waals surface area (Å²) >= 11 is 1.36. The number of hydrogen-bond donors (Lipinski definition) is 3. The highest BCUT2D eigenvalue weighted by atomic mass is 32.2. The number of aliphatic hydroxyl groups is 1. The van der Waals surface area contributed by atoms with E-state index in [9.17, 15) is 9.59 Å². The van der Waals surface area contributed by atoms with E-state index < -0.39 is 0 Å². The Morgan fingerprint density at radius 3 is 2.56 bits per heavy atom. The third-order valence-corrected chi connectivity index (χ3v) is 2.87. The summed E-state index contributed by atoms with van der Waals surface area (Å²) in [5.74, 6) is 0.551. The van der Waals surface area contributed by atoms with Crippen molar-refractivity contribution in [3.8, 4) is 0 Å². The van der Waals surface area contributed by atoms with Gasteiger partial charge in [-0.1, -0.05) is 6.07 Å². The molecule has 0 aliphatic carbocycles. The Kier molecular flexibility index (Phi) is 6.24. The first-order valence-electron chi connectivity index (χ1n) is 5.48. The first-order chi connectivity index (χ1) is 8.61. The molecule has 0 spiro atoms. The highest BCUT2D eigenvalue weighted by Crippen LogP contribution is 2.15. The molecule has 2 amide bonds. The summed E-state index contributed by atoms with van der Waals surface area (Å²) < 4.78 is 0. The standard InChI is InChI=1S/C12H16N2O3S/c1-9(16)13-10-3-2-4-11(7-10)14-12(17)8-18-6-5-15/h2-4,7,15H,5-6,8H2,1H3,(H,13,16)(H,14,17). The average molecular weight is 268 g/mol. The molecule has 5 nitrogen and oxygen atoms in total. The second-order valence-electron chi connectivity index (χ2n) is 3.59. The van der Waals surface area contributed by atoms with Gasteiger partial charge in [-0.25, -0.2) is 0 Å². The molecule has 0 radical (unpaired) electrons. The van der Waals surface area contributed by atoms with E-state index in [1.54, 1.807) is 24.3 Å². The number of nitrogens with one attached hydrogen (secondary N) is 2. The fourth-order valence-corrected chi connectivity index (χ4v) is 1.84. The van der Waals surface area contributed by atoms with Crippen molar-refractivity contribution >= 4 is 35.0 Å². The number of thioether (sulfide) groups is 1. The Hall–Kier alpha value is -1.53. The Bertz CT molecular complexity index is 424. The molecule has 0 fully saturated rings. The molecule has 0 aliphatic rings. The van der Waals surface area contributed by atoms with Gasteiger partial charge in [0.15, 0.2) is 0 Å². The van der Waals surface area contributed by atoms with Gasteiger partial charge in [-0.2, -0.15) is 0 Å². The van der Waals surface area contributed by atoms with Gasteiger partial charge in [0.2, 0.25) is 11.8 Å². The van der Waals surface area contributed by atoms with E-state index in [2.05, 4.69) is 10.6 Å². The predicted octanol–water partition coefficient (Wildman–Crippen LogP) is 1.31. The summed E-state index contributed by atoms with van der Waals surface area (Å²) in [6, 6.07) is 6.94. The highest BCUT2D eigenvalue weighted by Gasteiger charge is 2.03. The number of aliphatic hydroxyl groups excluding tert-OH is 1. The minimum atomic E-state index is -0.156. The predicted molar refractivity (Wildman–Crippen MR) is 73.8 cm³/mol. The average Bonchev–Trinajstić information content (AvgIpc) is 2.28. The van der Waals surface area contributed by atoms with Gasteiger partial charge in [0.05, 0.1) is 12.4 Å². The van der Waals surface area contributed by atoms with Gasteiger partial charge in [-0.3, -0.25) is 9.59 Å². The molecule has 1 aromatic rings. The van der Waals surface area contributed by atoms with Crippen molar-refractivity contribution < 1.29 is 14.7 Å². The molecule has 0 aliphatic heterocycles. The van der Waals surface area contributed by atoms with Gasteiger partial charge in [0.25, 0.3) is 0 Å². The van der Waals surface area contributed by atoms with Gasteiger partial charge in [0.1, 0.15) is 0 Å². The monoisotopic (exact) mass is 268 g/mol. The molecule has 98 valence electrons. The molecule has 0 aromatic heterocycles. The van der Waals surface area contributed by atoms with Gasteiger partial charge in [-0.15, -0.1) is 11.8 Å². The smallest absolute Gasteiger partial charge is 0.234 e. The van der Waals surface area contributed by atoms with Gasteiger partial charge < -0.3 is 15.7 Å². The molecule has 0 atom stereocenters. The Morgan fingerprint density at radius 1 is 1.28 bits per heavy atom. The van der Waals surface area contributed by atoms with Crippen LogP contribution in [-0.2, 0) is 9.59 Å². The van der Waals surface area contributed by atoms with Crippen LogP contribution in [0.25, 0.3) is 0 Å². The maximum absolute atomic E-state index is 11.5. The fraction of sp³-hybridized carbons (Fsp3) is 0.333. The van der Waals surface area contributed by atoms with Crippen molar-refractivity contribution in [3.05, 3.63) is 24.3 Å². The lowest BCUT2D eigenvalue weighted by Crippen LogP contribution is -2.15. The molecule has 0 saturated heterocycles. The lowest BCUT2D eigenvalue weighted by molar-refractivity contribution is -0.114. The van der Waals surface area contributed by atoms with Gasteiger partial charge in [0, 0.05) is 24.1 Å². The number of anilines is 2. The van der Waals surface area contributed by atoms with Crippen molar-refractivity contribution in [2.75, 3.05) is 28.7 Å². The molecule has 3 N–H and O–H groups in total. The van der Waals surface area contributed by atoms with E-state index in [0.717, 1.165) is 0 Å². The van der Waals surface area contributed by atoms with E-state index in [1.165, 1.54) is 18.7 Å². The quantitative estimate of drug-likeness (QED) is 0.680. The van der Waals surface area contributed by atoms with E-state index in [4.69, 9.17) is 5.11 Å². The molecule has 0 bridgehead atoms. The summed E-state index contributed by atoms with van der Waals surface area (Å²) in [7, 11) is 0. The topological polar surface area (TPSA) is 78.4 Å². The van der Waals surface area contributed by atoms with Crippen LogP contribution in [-0.4, -0.2) is 35.0 Å². The third kappa shape index (κ3) is 5.70. The molecular formula is C12H16N2O3S. The van der Waals surface area contributed by atoms with Crippen molar-refractivity contribution in [3.63, 3.8) is 0 Å². The minimum absolute atomic E-state index is 0.0654. The number of rotatable bonds is 6. The zero-order valence-electron chi connectivity index (χ0n) is 10.1. The number of hydrogen-bond acceptors (Lipinski definition) is 4. The van der Waals surface area contributed by atoms with E-state index in [1.807, 2.05) is 0 Å². The maximum atomic E-state index is 11.5. The molecule has 1 aromatic carbocycles. The number of carbonyl (C=O) groups excluding carboxylic acids is 2. The highest BCUT2D eigenvalue weighted by molar-refractivity contribution is 7.99. The fourth-order valence-electron chi connectivity index (χ4n) is 1.30. The van der Waals surface area contributed by atoms with Crippen LogP contribution in [0.3, 0.4) is 0 Å². The number of amides is 2. The summed E-state index contributed by atoms with van der Waals surface area (Å²) in [4.78, 5) is 22.4. The largest absolute Gasteiger partial charge is 0.396 e. The molecule has 0 saturated carbocycles. The second kappa shape index (κ2) is 7.73. The first kappa shape index (κ1) is 14.5. The molecule has 18 heavy (non-hydrogen) atoms. The third-order valence-electron chi connectivity index (χ3n) is 1.94. The molecule has 6 heteroatoms. The normalized spacial score (nSPS) is 9.89. The molecule has 0 unspecified atom stereocenters. The summed E-state index contributed by atoms with van der Waals surface area (Å²) in [6.07, 6.45) is 0. The van der Waals surface area contributed by atoms with E-state index in [-0.39, 0.29) is 18.4 Å². The Morgan fingerprint density at radius 2 is 1.94 bits per heavy atom. The van der Waals surface area contributed by atoms with Crippen molar-refractivity contribution in [2.24, 2.45) is 0 Å². The van der Waals surface area contributed by atoms with Gasteiger partial charge >= 0.3 is 0 Å². The second-order valence-corrected chi connectivity index (χ2v) is 4.69. The first-order valence-corrected chi connectivity index (χ1v) is 6.63. The summed E-state index contributed by atoms with van der Waals surface area (Å²) in [5, 5.41) is 14.0. The summed E-state index contributed by atoms with van der Waals surface area (Å²) in [5.41, 5.74) is 1.28. The lowest BCUT2D eigenvalue weighted by atomic mass is 10.2. The zero-order valence-corrected chi connectivity index (χ0v) is 10.9. The zero-order chi connectivity index (χ0) is 13.4. The lowest BCUT2D eigenvalue weighted by Gasteiger charge is -2.07. The van der Waals surface area contributed by atoms with Crippen LogP contribution in [0, 0.1) is 0 Å². The Balaban J connectivity index is 2.51. The van der Waals surface area contributed by atoms with Crippen molar-refractivity contribution in [1.82, 2.24) is 0 Å². The molecule has 0 heterocycles. The minimum Gasteiger partial charge on any atom is -0.396 e. The van der Waals surface area contributed by atoms with Gasteiger partial charge in [-0.05, 0) is 18.2 Å². The van der Waals surface area contributed by atoms with E-state index >= 15 is 0 Å². The van der Waals surface area contributed by atoms with Crippen LogP contribution in [0.15, 0.2) is 24.3 Å². The van der Waals surface area contributed by atoms with Crippen LogP contribution in [0.1, 0.15) is 6.92 Å². The van der Waals surface area contributed by atoms with Crippen molar-refractivity contribution in [1.29, 1.82) is 0 Å². The van der Waals surface area contributed by atoms with Crippen LogP contribution in [0.4, 0.5) is 11.4 Å². The SMILES string of the molecule is CC(=O)Nc1cccc(NC(=O)CSCCO)c1. The number of benzene rings is 1. The number of carbonyl (C=O) groups is 2. The molecular weight excluding hydrogens is 252 g/mol. The summed E-state index contributed by atoms with van der Waals surface area (Å²) in [6.45, 7) is 1.49. The van der Waals surface area contributed by atoms with E-state index in [0.29, 0.717) is 22.9 Å². The van der Waals surface area contributed by atoms with Crippen LogP contribution in [0.2, 0.25) is 0 Å². The van der Waals surface area contributed by atoms with Crippen LogP contribution >= 0.6 is 11.8 Å². The van der Waals surface area contributed by atoms with Crippen LogP contribution < -0.4 is 10.6 Å². The molecule has 1 rings (SSSR count). The Labute approximate surface area is 110 Å². The van der Waals surface area contributed by atoms with Crippen molar-refractivity contribution in [2.45, 2.75) is 6.92 Å². The maximum Gasteiger partial charge on any atom is 0.234 e. The van der Waals surface area contributed by atoms with Crippen LogP contribution in [0.5, 0.6) is 0 Å².